The summed E-state index contributed by atoms with van der Waals surface area (Å²) in [7, 11) is 1.90. The van der Waals surface area contributed by atoms with E-state index in [0.29, 0.717) is 5.69 Å². The van der Waals surface area contributed by atoms with Crippen molar-refractivity contribution in [3.63, 3.8) is 0 Å². The first-order valence-electron chi connectivity index (χ1n) is 7.85. The average Bonchev–Trinajstić information content (AvgIpc) is 3.17. The molecule has 0 radical (unpaired) electrons. The van der Waals surface area contributed by atoms with Crippen molar-refractivity contribution < 1.29 is 4.79 Å². The Labute approximate surface area is 129 Å². The van der Waals surface area contributed by atoms with Crippen molar-refractivity contribution >= 4 is 5.91 Å². The van der Waals surface area contributed by atoms with Gasteiger partial charge in [-0.05, 0) is 24.0 Å². The highest BCUT2D eigenvalue weighted by molar-refractivity contribution is 5.94. The quantitative estimate of drug-likeness (QED) is 0.878. The number of hydrogen-bond acceptors (Lipinski definition) is 3. The van der Waals surface area contributed by atoms with Gasteiger partial charge in [0.2, 0.25) is 0 Å². The smallest absolute Gasteiger partial charge is 0.274 e. The summed E-state index contributed by atoms with van der Waals surface area (Å²) < 4.78 is 0. The minimum atomic E-state index is 0.0269. The fourth-order valence-corrected chi connectivity index (χ4v) is 3.54. The summed E-state index contributed by atoms with van der Waals surface area (Å²) in [6.45, 7) is 1.67. The molecular weight excluding hydrogens is 276 g/mol. The number of carbonyl (C=O) groups is 1. The number of rotatable bonds is 2. The third-order valence-corrected chi connectivity index (χ3v) is 4.91. The summed E-state index contributed by atoms with van der Waals surface area (Å²) in [5.74, 6) is 0.0269. The molecule has 1 amide bonds. The van der Waals surface area contributed by atoms with Gasteiger partial charge in [-0.1, -0.05) is 24.3 Å². The van der Waals surface area contributed by atoms with Gasteiger partial charge in [-0.15, -0.1) is 0 Å². The zero-order chi connectivity index (χ0) is 15.1. The van der Waals surface area contributed by atoms with Gasteiger partial charge in [0, 0.05) is 43.9 Å². The third kappa shape index (κ3) is 2.13. The van der Waals surface area contributed by atoms with Crippen LogP contribution in [0, 0.1) is 0 Å². The number of nitrogens with one attached hydrogen (secondary N) is 2. The number of H-pyrrole nitrogens is 1. The number of carbonyl (C=O) groups excluding carboxylic acids is 1. The Morgan fingerprint density at radius 2 is 2.00 bits per heavy atom. The van der Waals surface area contributed by atoms with Crippen molar-refractivity contribution in [2.24, 2.45) is 0 Å². The van der Waals surface area contributed by atoms with Gasteiger partial charge in [-0.2, -0.15) is 5.10 Å². The van der Waals surface area contributed by atoms with E-state index in [4.69, 9.17) is 0 Å². The maximum Gasteiger partial charge on any atom is 0.274 e. The van der Waals surface area contributed by atoms with E-state index in [2.05, 4.69) is 39.8 Å². The predicted molar refractivity (Wildman–Crippen MR) is 83.7 cm³/mol. The van der Waals surface area contributed by atoms with E-state index in [1.807, 2.05) is 11.9 Å². The molecule has 114 valence electrons. The molecule has 0 unspecified atom stereocenters. The molecule has 0 bridgehead atoms. The van der Waals surface area contributed by atoms with Crippen molar-refractivity contribution in [1.82, 2.24) is 20.4 Å². The molecule has 2 heterocycles. The highest BCUT2D eigenvalue weighted by Gasteiger charge is 2.31. The monoisotopic (exact) mass is 296 g/mol. The second kappa shape index (κ2) is 5.25. The van der Waals surface area contributed by atoms with Gasteiger partial charge >= 0.3 is 0 Å². The van der Waals surface area contributed by atoms with Crippen molar-refractivity contribution in [3.8, 4) is 0 Å². The van der Waals surface area contributed by atoms with Crippen LogP contribution in [-0.4, -0.2) is 40.6 Å². The van der Waals surface area contributed by atoms with Crippen LogP contribution in [0.1, 0.15) is 32.9 Å². The molecular formula is C17H20N4O. The standard InChI is InChI=1S/C17H20N4O/c1-21(13-8-11-4-2-3-5-12(11)9-13)17(22)16-14-10-18-7-6-15(14)19-20-16/h2-5,13,18H,6-10H2,1H3,(H,19,20). The van der Waals surface area contributed by atoms with E-state index in [9.17, 15) is 4.79 Å². The van der Waals surface area contributed by atoms with E-state index in [1.165, 1.54) is 11.1 Å². The molecule has 0 saturated carbocycles. The predicted octanol–water partition coefficient (Wildman–Crippen LogP) is 1.29. The van der Waals surface area contributed by atoms with E-state index in [1.54, 1.807) is 0 Å². The van der Waals surface area contributed by atoms with Crippen LogP contribution in [-0.2, 0) is 25.8 Å². The van der Waals surface area contributed by atoms with Crippen molar-refractivity contribution in [1.29, 1.82) is 0 Å². The summed E-state index contributed by atoms with van der Waals surface area (Å²) in [6.07, 6.45) is 2.78. The zero-order valence-electron chi connectivity index (χ0n) is 12.7. The van der Waals surface area contributed by atoms with Gasteiger partial charge in [0.25, 0.3) is 5.91 Å². The van der Waals surface area contributed by atoms with Gasteiger partial charge in [0.05, 0.1) is 0 Å². The molecule has 1 aliphatic carbocycles. The van der Waals surface area contributed by atoms with Crippen LogP contribution in [0.4, 0.5) is 0 Å². The number of benzene rings is 1. The molecule has 1 aromatic carbocycles. The minimum Gasteiger partial charge on any atom is -0.337 e. The molecule has 1 aromatic heterocycles. The Bertz CT molecular complexity index is 696. The van der Waals surface area contributed by atoms with Crippen LogP contribution < -0.4 is 5.32 Å². The van der Waals surface area contributed by atoms with Crippen LogP contribution in [0.3, 0.4) is 0 Å². The normalized spacial score (nSPS) is 17.1. The van der Waals surface area contributed by atoms with Crippen LogP contribution >= 0.6 is 0 Å². The molecule has 0 atom stereocenters. The number of aromatic nitrogens is 2. The molecule has 22 heavy (non-hydrogen) atoms. The number of nitrogens with zero attached hydrogens (tertiary/aromatic N) is 2. The topological polar surface area (TPSA) is 61.0 Å². The van der Waals surface area contributed by atoms with Crippen molar-refractivity contribution in [3.05, 3.63) is 52.3 Å². The summed E-state index contributed by atoms with van der Waals surface area (Å²) in [5, 5.41) is 10.6. The van der Waals surface area contributed by atoms with Crippen LogP contribution in [0.25, 0.3) is 0 Å². The van der Waals surface area contributed by atoms with Gasteiger partial charge in [0.1, 0.15) is 0 Å². The van der Waals surface area contributed by atoms with E-state index in [0.717, 1.165) is 43.6 Å². The van der Waals surface area contributed by atoms with Gasteiger partial charge in [0.15, 0.2) is 5.69 Å². The zero-order valence-corrected chi connectivity index (χ0v) is 12.7. The largest absolute Gasteiger partial charge is 0.337 e. The molecule has 1 aliphatic heterocycles. The summed E-state index contributed by atoms with van der Waals surface area (Å²) in [5.41, 5.74) is 5.44. The van der Waals surface area contributed by atoms with Crippen molar-refractivity contribution in [2.75, 3.05) is 13.6 Å². The van der Waals surface area contributed by atoms with E-state index >= 15 is 0 Å². The van der Waals surface area contributed by atoms with Crippen LogP contribution in [0.15, 0.2) is 24.3 Å². The lowest BCUT2D eigenvalue weighted by molar-refractivity contribution is 0.0730. The number of hydrogen-bond donors (Lipinski definition) is 2. The maximum absolute atomic E-state index is 12.8. The van der Waals surface area contributed by atoms with E-state index < -0.39 is 0 Å². The SMILES string of the molecule is CN(C(=O)c1n[nH]c2c1CNCC2)C1Cc2ccccc2C1. The number of fused-ring (bicyclic) bond motifs is 2. The Hall–Kier alpha value is -2.14. The summed E-state index contributed by atoms with van der Waals surface area (Å²) in [4.78, 5) is 14.7. The highest BCUT2D eigenvalue weighted by Crippen LogP contribution is 2.26. The molecule has 2 aliphatic rings. The van der Waals surface area contributed by atoms with Crippen LogP contribution in [0.5, 0.6) is 0 Å². The maximum atomic E-state index is 12.8. The van der Waals surface area contributed by atoms with Gasteiger partial charge < -0.3 is 10.2 Å². The fourth-order valence-electron chi connectivity index (χ4n) is 3.54. The lowest BCUT2D eigenvalue weighted by Crippen LogP contribution is -2.38. The summed E-state index contributed by atoms with van der Waals surface area (Å²) >= 11 is 0. The van der Waals surface area contributed by atoms with Gasteiger partial charge in [-0.25, -0.2) is 0 Å². The van der Waals surface area contributed by atoms with Gasteiger partial charge in [-0.3, -0.25) is 9.89 Å². The first-order chi connectivity index (χ1) is 10.7. The summed E-state index contributed by atoms with van der Waals surface area (Å²) in [6, 6.07) is 8.69. The third-order valence-electron chi connectivity index (χ3n) is 4.91. The molecule has 2 aromatic rings. The Balaban J connectivity index is 1.55. The number of amides is 1. The fraction of sp³-hybridized carbons (Fsp3) is 0.412. The van der Waals surface area contributed by atoms with Crippen LogP contribution in [0.2, 0.25) is 0 Å². The lowest BCUT2D eigenvalue weighted by Gasteiger charge is -2.24. The molecule has 0 spiro atoms. The van der Waals surface area contributed by atoms with E-state index in [-0.39, 0.29) is 11.9 Å². The van der Waals surface area contributed by atoms with Crippen molar-refractivity contribution in [2.45, 2.75) is 31.8 Å². The Morgan fingerprint density at radius 1 is 1.27 bits per heavy atom. The molecule has 5 heteroatoms. The average molecular weight is 296 g/mol. The molecule has 2 N–H and O–H groups in total. The second-order valence-corrected chi connectivity index (χ2v) is 6.20. The Morgan fingerprint density at radius 3 is 2.73 bits per heavy atom. The molecule has 5 nitrogen and oxygen atoms in total. The molecule has 4 rings (SSSR count). The number of likely N-dealkylation sites (N-methyl/N-ethyl adjacent to an activating group) is 1. The highest BCUT2D eigenvalue weighted by atomic mass is 16.2. The molecule has 0 fully saturated rings. The molecule has 0 saturated heterocycles. The lowest BCUT2D eigenvalue weighted by atomic mass is 10.1. The Kier molecular flexibility index (Phi) is 3.22. The number of aromatic amines is 1. The second-order valence-electron chi connectivity index (χ2n) is 6.20. The first-order valence-corrected chi connectivity index (χ1v) is 7.85. The first kappa shape index (κ1) is 13.5. The minimum absolute atomic E-state index is 0.0269.